The van der Waals surface area contributed by atoms with Gasteiger partial charge < -0.3 is 4.42 Å². The number of rotatable bonds is 2. The number of nitro benzene ring substituents is 1. The SMILES string of the molecule is O=c1oc(-c2ccccc2)nc2cccc([N+](=O)[O-])c12. The van der Waals surface area contributed by atoms with Crippen molar-refractivity contribution in [1.82, 2.24) is 4.98 Å². The number of nitrogens with zero attached hydrogens (tertiary/aromatic N) is 2. The molecule has 0 N–H and O–H groups in total. The number of hydrogen-bond donors (Lipinski definition) is 0. The van der Waals surface area contributed by atoms with Gasteiger partial charge in [-0.25, -0.2) is 9.78 Å². The molecular formula is C14H8N2O4. The molecule has 3 aromatic rings. The summed E-state index contributed by atoms with van der Waals surface area (Å²) in [7, 11) is 0. The Bertz CT molecular complexity index is 856. The first-order valence-electron chi connectivity index (χ1n) is 5.80. The third-order valence-electron chi connectivity index (χ3n) is 2.85. The molecule has 98 valence electrons. The first kappa shape index (κ1) is 12.0. The van der Waals surface area contributed by atoms with Gasteiger partial charge in [0.15, 0.2) is 5.39 Å². The normalized spacial score (nSPS) is 10.6. The summed E-state index contributed by atoms with van der Waals surface area (Å²) in [4.78, 5) is 26.5. The van der Waals surface area contributed by atoms with E-state index in [9.17, 15) is 14.9 Å². The van der Waals surface area contributed by atoms with E-state index < -0.39 is 10.5 Å². The van der Waals surface area contributed by atoms with Crippen molar-refractivity contribution in [2.75, 3.05) is 0 Å². The van der Waals surface area contributed by atoms with Crippen LogP contribution in [0, 0.1) is 10.1 Å². The number of aromatic nitrogens is 1. The fraction of sp³-hybridized carbons (Fsp3) is 0. The van der Waals surface area contributed by atoms with Crippen molar-refractivity contribution in [2.45, 2.75) is 0 Å². The Balaban J connectivity index is 2.32. The molecule has 0 aliphatic heterocycles. The summed E-state index contributed by atoms with van der Waals surface area (Å²) < 4.78 is 5.10. The molecule has 0 radical (unpaired) electrons. The largest absolute Gasteiger partial charge is 0.403 e. The topological polar surface area (TPSA) is 86.2 Å². The monoisotopic (exact) mass is 268 g/mol. The lowest BCUT2D eigenvalue weighted by Crippen LogP contribution is -2.05. The summed E-state index contributed by atoms with van der Waals surface area (Å²) in [5.41, 5.74) is -0.183. The summed E-state index contributed by atoms with van der Waals surface area (Å²) in [5, 5.41) is 10.8. The van der Waals surface area contributed by atoms with Gasteiger partial charge in [-0.1, -0.05) is 24.3 Å². The van der Waals surface area contributed by atoms with E-state index in [0.717, 1.165) is 0 Å². The zero-order valence-electron chi connectivity index (χ0n) is 10.1. The van der Waals surface area contributed by atoms with Crippen LogP contribution in [0.25, 0.3) is 22.4 Å². The van der Waals surface area contributed by atoms with E-state index in [2.05, 4.69) is 4.98 Å². The van der Waals surface area contributed by atoms with Gasteiger partial charge in [-0.05, 0) is 18.2 Å². The summed E-state index contributed by atoms with van der Waals surface area (Å²) in [6.45, 7) is 0. The second kappa shape index (κ2) is 4.58. The minimum absolute atomic E-state index is 0.114. The fourth-order valence-electron chi connectivity index (χ4n) is 1.96. The molecule has 6 heteroatoms. The van der Waals surface area contributed by atoms with E-state index in [-0.39, 0.29) is 22.5 Å². The van der Waals surface area contributed by atoms with Crippen LogP contribution >= 0.6 is 0 Å². The number of hydrogen-bond acceptors (Lipinski definition) is 5. The second-order valence-electron chi connectivity index (χ2n) is 4.10. The van der Waals surface area contributed by atoms with Crippen LogP contribution in [0.5, 0.6) is 0 Å². The molecule has 6 nitrogen and oxygen atoms in total. The summed E-state index contributed by atoms with van der Waals surface area (Å²) in [6.07, 6.45) is 0. The van der Waals surface area contributed by atoms with Crippen molar-refractivity contribution < 1.29 is 9.34 Å². The van der Waals surface area contributed by atoms with Crippen molar-refractivity contribution in [3.63, 3.8) is 0 Å². The Labute approximate surface area is 112 Å². The van der Waals surface area contributed by atoms with Gasteiger partial charge in [-0.15, -0.1) is 0 Å². The Morgan fingerprint density at radius 1 is 1.05 bits per heavy atom. The van der Waals surface area contributed by atoms with E-state index in [1.54, 1.807) is 30.3 Å². The highest BCUT2D eigenvalue weighted by Gasteiger charge is 2.18. The molecular weight excluding hydrogens is 260 g/mol. The highest BCUT2D eigenvalue weighted by Crippen LogP contribution is 2.23. The van der Waals surface area contributed by atoms with Gasteiger partial charge in [0, 0.05) is 11.6 Å². The maximum atomic E-state index is 12.0. The molecule has 0 unspecified atom stereocenters. The second-order valence-corrected chi connectivity index (χ2v) is 4.10. The third kappa shape index (κ3) is 1.93. The number of non-ortho nitro benzene ring substituents is 1. The minimum atomic E-state index is -0.763. The van der Waals surface area contributed by atoms with Gasteiger partial charge in [0.25, 0.3) is 5.69 Å². The number of nitro groups is 1. The van der Waals surface area contributed by atoms with Crippen molar-refractivity contribution >= 4 is 16.6 Å². The molecule has 0 bridgehead atoms. The summed E-state index contributed by atoms with van der Waals surface area (Å²) in [5.74, 6) is 0.142. The molecule has 0 spiro atoms. The predicted octanol–water partition coefficient (Wildman–Crippen LogP) is 2.76. The fourth-order valence-corrected chi connectivity index (χ4v) is 1.96. The molecule has 1 aromatic heterocycles. The molecule has 20 heavy (non-hydrogen) atoms. The third-order valence-corrected chi connectivity index (χ3v) is 2.85. The Hall–Kier alpha value is -3.02. The average Bonchev–Trinajstić information content (AvgIpc) is 2.47. The molecule has 0 atom stereocenters. The molecule has 3 rings (SSSR count). The number of fused-ring (bicyclic) bond motifs is 1. The van der Waals surface area contributed by atoms with Crippen LogP contribution in [0.4, 0.5) is 5.69 Å². The summed E-state index contributed by atoms with van der Waals surface area (Å²) in [6, 6.07) is 13.2. The zero-order valence-corrected chi connectivity index (χ0v) is 10.1. The van der Waals surface area contributed by atoms with Crippen LogP contribution in [0.2, 0.25) is 0 Å². The van der Waals surface area contributed by atoms with Crippen LogP contribution in [0.15, 0.2) is 57.7 Å². The predicted molar refractivity (Wildman–Crippen MR) is 72.4 cm³/mol. The van der Waals surface area contributed by atoms with E-state index in [0.29, 0.717) is 5.56 Å². The lowest BCUT2D eigenvalue weighted by atomic mass is 10.2. The van der Waals surface area contributed by atoms with Crippen LogP contribution in [-0.4, -0.2) is 9.91 Å². The van der Waals surface area contributed by atoms with Gasteiger partial charge in [0.1, 0.15) is 0 Å². The molecule has 0 amide bonds. The summed E-state index contributed by atoms with van der Waals surface area (Å²) >= 11 is 0. The van der Waals surface area contributed by atoms with E-state index in [1.165, 1.54) is 12.1 Å². The molecule has 1 heterocycles. The Morgan fingerprint density at radius 3 is 2.50 bits per heavy atom. The Kier molecular flexibility index (Phi) is 2.76. The van der Waals surface area contributed by atoms with E-state index in [4.69, 9.17) is 4.42 Å². The lowest BCUT2D eigenvalue weighted by Gasteiger charge is -2.01. The van der Waals surface area contributed by atoms with Gasteiger partial charge in [-0.3, -0.25) is 10.1 Å². The van der Waals surface area contributed by atoms with E-state index in [1.807, 2.05) is 6.07 Å². The zero-order chi connectivity index (χ0) is 14.1. The van der Waals surface area contributed by atoms with Gasteiger partial charge in [0.05, 0.1) is 10.4 Å². The maximum absolute atomic E-state index is 12.0. The molecule has 0 aliphatic carbocycles. The smallest absolute Gasteiger partial charge is 0.354 e. The highest BCUT2D eigenvalue weighted by molar-refractivity contribution is 5.87. The minimum Gasteiger partial charge on any atom is -0.403 e. The van der Waals surface area contributed by atoms with Gasteiger partial charge in [0.2, 0.25) is 5.89 Å². The molecule has 0 aliphatic rings. The molecule has 0 saturated heterocycles. The lowest BCUT2D eigenvalue weighted by molar-refractivity contribution is -0.383. The van der Waals surface area contributed by atoms with Gasteiger partial charge >= 0.3 is 5.63 Å². The van der Waals surface area contributed by atoms with E-state index >= 15 is 0 Å². The van der Waals surface area contributed by atoms with Crippen LogP contribution < -0.4 is 5.63 Å². The van der Waals surface area contributed by atoms with Crippen molar-refractivity contribution in [3.05, 3.63) is 69.1 Å². The number of benzene rings is 2. The molecule has 0 saturated carbocycles. The van der Waals surface area contributed by atoms with Crippen LogP contribution in [0.1, 0.15) is 0 Å². The maximum Gasteiger partial charge on any atom is 0.354 e. The highest BCUT2D eigenvalue weighted by atomic mass is 16.6. The van der Waals surface area contributed by atoms with Crippen LogP contribution in [0.3, 0.4) is 0 Å². The standard InChI is InChI=1S/C14H8N2O4/c17-14-12-10(7-4-8-11(12)16(18)19)15-13(20-14)9-5-2-1-3-6-9/h1-8H. The van der Waals surface area contributed by atoms with Crippen LogP contribution in [-0.2, 0) is 0 Å². The molecule has 2 aromatic carbocycles. The average molecular weight is 268 g/mol. The van der Waals surface area contributed by atoms with Gasteiger partial charge in [-0.2, -0.15) is 0 Å². The van der Waals surface area contributed by atoms with Crippen molar-refractivity contribution in [1.29, 1.82) is 0 Å². The van der Waals surface area contributed by atoms with Crippen molar-refractivity contribution in [2.24, 2.45) is 0 Å². The quantitative estimate of drug-likeness (QED) is 0.527. The first-order chi connectivity index (χ1) is 9.66. The van der Waals surface area contributed by atoms with Crippen molar-refractivity contribution in [3.8, 4) is 11.5 Å². The molecule has 0 fully saturated rings. The Morgan fingerprint density at radius 2 is 1.80 bits per heavy atom. The first-order valence-corrected chi connectivity index (χ1v) is 5.80.